The number of ether oxygens (including phenoxy) is 8. The van der Waals surface area contributed by atoms with Crippen molar-refractivity contribution in [2.45, 2.75) is 38.5 Å². The molecule has 52 heavy (non-hydrogen) atoms. The second-order valence-corrected chi connectivity index (χ2v) is 12.8. The van der Waals surface area contributed by atoms with Crippen molar-refractivity contribution >= 4 is 11.9 Å². The molecule has 0 fully saturated rings. The van der Waals surface area contributed by atoms with Crippen molar-refractivity contribution in [2.75, 3.05) is 79.3 Å². The second-order valence-electron chi connectivity index (χ2n) is 12.8. The lowest BCUT2D eigenvalue weighted by molar-refractivity contribution is -0.140. The molecule has 0 bridgehead atoms. The fourth-order valence-corrected chi connectivity index (χ4v) is 5.17. The van der Waals surface area contributed by atoms with Crippen LogP contribution in [-0.2, 0) is 48.8 Å². The minimum atomic E-state index is -0.461. The van der Waals surface area contributed by atoms with Crippen LogP contribution < -0.4 is 9.47 Å². The van der Waals surface area contributed by atoms with Crippen molar-refractivity contribution in [3.8, 4) is 11.5 Å². The average molecular weight is 719 g/mol. The summed E-state index contributed by atoms with van der Waals surface area (Å²) < 4.78 is 43.3. The lowest BCUT2D eigenvalue weighted by Crippen LogP contribution is -2.23. The van der Waals surface area contributed by atoms with Gasteiger partial charge in [0.15, 0.2) is 0 Å². The van der Waals surface area contributed by atoms with E-state index in [9.17, 15) is 9.59 Å². The number of benzene rings is 3. The lowest BCUT2D eigenvalue weighted by atomic mass is 9.73. The van der Waals surface area contributed by atoms with Gasteiger partial charge in [-0.3, -0.25) is 0 Å². The predicted molar refractivity (Wildman–Crippen MR) is 200 cm³/mol. The van der Waals surface area contributed by atoms with E-state index in [1.54, 1.807) is 0 Å². The fourth-order valence-electron chi connectivity index (χ4n) is 5.17. The van der Waals surface area contributed by atoms with Gasteiger partial charge in [0.25, 0.3) is 0 Å². The monoisotopic (exact) mass is 718 g/mol. The molecule has 0 unspecified atom stereocenters. The minimum absolute atomic E-state index is 0.189. The summed E-state index contributed by atoms with van der Waals surface area (Å²) in [6, 6.07) is 25.3. The number of carbonyl (C=O) groups excluding carboxylic acids is 2. The van der Waals surface area contributed by atoms with E-state index >= 15 is 0 Å². The molecule has 3 aromatic carbocycles. The number of hydrogen-bond donors (Lipinski definition) is 0. The molecule has 0 saturated heterocycles. The number of esters is 2. The highest BCUT2D eigenvalue weighted by Crippen LogP contribution is 2.37. The summed E-state index contributed by atoms with van der Waals surface area (Å²) in [5.74, 6) is 0.644. The molecule has 0 aliphatic carbocycles. The zero-order chi connectivity index (χ0) is 37.7. The molecule has 0 aliphatic heterocycles. The van der Waals surface area contributed by atoms with Crippen LogP contribution in [0.4, 0.5) is 0 Å². The van der Waals surface area contributed by atoms with Gasteiger partial charge in [0, 0.05) is 23.0 Å². The Labute approximate surface area is 308 Å². The van der Waals surface area contributed by atoms with E-state index in [1.165, 1.54) is 22.3 Å². The highest BCUT2D eigenvalue weighted by molar-refractivity contribution is 5.81. The number of hydrogen-bond acceptors (Lipinski definition) is 10. The van der Waals surface area contributed by atoms with Crippen LogP contribution in [0.3, 0.4) is 0 Å². The molecule has 10 heteroatoms. The third kappa shape index (κ3) is 14.3. The molecule has 0 aromatic heterocycles. The Morgan fingerprint density at radius 2 is 0.808 bits per heavy atom. The van der Waals surface area contributed by atoms with Gasteiger partial charge in [0.2, 0.25) is 0 Å². The van der Waals surface area contributed by atoms with E-state index in [0.29, 0.717) is 66.1 Å². The van der Waals surface area contributed by atoms with E-state index in [1.807, 2.05) is 24.3 Å². The highest BCUT2D eigenvalue weighted by atomic mass is 16.6. The van der Waals surface area contributed by atoms with Gasteiger partial charge in [0.1, 0.15) is 37.9 Å². The third-order valence-corrected chi connectivity index (χ3v) is 8.47. The molecule has 3 rings (SSSR count). The zero-order valence-electron chi connectivity index (χ0n) is 31.1. The van der Waals surface area contributed by atoms with Crippen LogP contribution in [0.1, 0.15) is 49.9 Å². The van der Waals surface area contributed by atoms with Gasteiger partial charge in [-0.1, -0.05) is 89.4 Å². The first-order chi connectivity index (χ1) is 25.1. The Kier molecular flexibility index (Phi) is 18.1. The van der Waals surface area contributed by atoms with Crippen molar-refractivity contribution in [1.82, 2.24) is 0 Å². The normalized spacial score (nSPS) is 11.5. The van der Waals surface area contributed by atoms with Crippen LogP contribution in [0.5, 0.6) is 11.5 Å². The van der Waals surface area contributed by atoms with E-state index in [2.05, 4.69) is 89.4 Å². The van der Waals surface area contributed by atoms with Crippen molar-refractivity contribution in [2.24, 2.45) is 0 Å². The van der Waals surface area contributed by atoms with Crippen LogP contribution in [0.25, 0.3) is 0 Å². The molecule has 0 amide bonds. The van der Waals surface area contributed by atoms with Crippen LogP contribution >= 0.6 is 0 Å². The smallest absolute Gasteiger partial charge is 0.330 e. The van der Waals surface area contributed by atoms with Crippen molar-refractivity contribution < 1.29 is 47.5 Å². The predicted octanol–water partition coefficient (Wildman–Crippen LogP) is 6.62. The molecular formula is C42H54O10. The topological polar surface area (TPSA) is 108 Å². The molecule has 0 saturated carbocycles. The van der Waals surface area contributed by atoms with Gasteiger partial charge in [0.05, 0.1) is 52.9 Å². The molecule has 10 nitrogen and oxygen atoms in total. The molecule has 0 spiro atoms. The minimum Gasteiger partial charge on any atom is -0.491 e. The first kappa shape index (κ1) is 41.9. The summed E-state index contributed by atoms with van der Waals surface area (Å²) in [4.78, 5) is 22.0. The second kappa shape index (κ2) is 22.5. The largest absolute Gasteiger partial charge is 0.491 e. The maximum atomic E-state index is 11.0. The summed E-state index contributed by atoms with van der Waals surface area (Å²) in [6.07, 6.45) is 2.24. The maximum absolute atomic E-state index is 11.0. The van der Waals surface area contributed by atoms with Gasteiger partial charge in [-0.15, -0.1) is 0 Å². The first-order valence-electron chi connectivity index (χ1n) is 17.5. The first-order valence-corrected chi connectivity index (χ1v) is 17.5. The Balaban J connectivity index is 1.42. The van der Waals surface area contributed by atoms with Gasteiger partial charge >= 0.3 is 11.9 Å². The maximum Gasteiger partial charge on any atom is 0.330 e. The molecule has 0 aliphatic rings. The fraction of sp³-hybridized carbons (Fsp3) is 0.429. The molecule has 0 radical (unpaired) electrons. The Bertz CT molecular complexity index is 1400. The molecule has 0 N–H and O–H groups in total. The van der Waals surface area contributed by atoms with Gasteiger partial charge in [-0.25, -0.2) is 9.59 Å². The van der Waals surface area contributed by atoms with Crippen molar-refractivity contribution in [3.05, 3.63) is 120 Å². The molecular weight excluding hydrogens is 664 g/mol. The summed E-state index contributed by atoms with van der Waals surface area (Å²) in [5.41, 5.74) is 4.36. The number of carbonyl (C=O) groups is 2. The molecule has 0 heterocycles. The number of rotatable bonds is 26. The highest BCUT2D eigenvalue weighted by Gasteiger charge is 2.28. The van der Waals surface area contributed by atoms with E-state index in [-0.39, 0.29) is 24.0 Å². The van der Waals surface area contributed by atoms with Crippen LogP contribution in [0.15, 0.2) is 98.1 Å². The van der Waals surface area contributed by atoms with Gasteiger partial charge in [-0.05, 0) is 46.5 Å². The molecule has 0 atom stereocenters. The quantitative estimate of drug-likeness (QED) is 0.0511. The van der Waals surface area contributed by atoms with E-state index in [0.717, 1.165) is 23.7 Å². The Morgan fingerprint density at radius 1 is 0.481 bits per heavy atom. The Hall–Kier alpha value is -4.48. The summed E-state index contributed by atoms with van der Waals surface area (Å²) in [5, 5.41) is 0. The molecule has 282 valence electrons. The Morgan fingerprint density at radius 3 is 1.15 bits per heavy atom. The summed E-state index contributed by atoms with van der Waals surface area (Å²) in [6.45, 7) is 20.0. The lowest BCUT2D eigenvalue weighted by Gasteiger charge is -2.31. The zero-order valence-corrected chi connectivity index (χ0v) is 31.1. The van der Waals surface area contributed by atoms with Crippen LogP contribution in [0.2, 0.25) is 0 Å². The van der Waals surface area contributed by atoms with E-state index in [4.69, 9.17) is 37.9 Å². The van der Waals surface area contributed by atoms with Crippen molar-refractivity contribution in [3.63, 3.8) is 0 Å². The SMILES string of the molecule is C=CC(=O)OCCOCCOCCOc1ccc(C(C)(C)c2cccc(C(C)(C)c3ccc(OCCOCCOCCOC(=O)C=C)cc3)c2)cc1. The van der Waals surface area contributed by atoms with E-state index < -0.39 is 11.9 Å². The van der Waals surface area contributed by atoms with Crippen LogP contribution in [0, 0.1) is 0 Å². The summed E-state index contributed by atoms with van der Waals surface area (Å²) >= 11 is 0. The van der Waals surface area contributed by atoms with Gasteiger partial charge in [-0.2, -0.15) is 0 Å². The standard InChI is InChI=1S/C42H54O10/c1-7-39(43)51-30-26-47-22-20-45-24-28-49-37-16-12-33(13-17-37)41(3,4)35-10-9-11-36(32-35)42(5,6)34-14-18-38(19-15-34)50-29-25-46-21-23-48-27-31-52-40(44)8-2/h7-19,32H,1-2,20-31H2,3-6H3. The van der Waals surface area contributed by atoms with Crippen molar-refractivity contribution in [1.29, 1.82) is 0 Å². The molecule has 3 aromatic rings. The van der Waals surface area contributed by atoms with Crippen LogP contribution in [-0.4, -0.2) is 91.2 Å². The van der Waals surface area contributed by atoms with Gasteiger partial charge < -0.3 is 37.9 Å². The third-order valence-electron chi connectivity index (χ3n) is 8.47. The average Bonchev–Trinajstić information content (AvgIpc) is 3.16. The summed E-state index contributed by atoms with van der Waals surface area (Å²) in [7, 11) is 0.